The van der Waals surface area contributed by atoms with Gasteiger partial charge in [-0.25, -0.2) is 14.4 Å². The van der Waals surface area contributed by atoms with Gasteiger partial charge in [-0.1, -0.05) is 31.4 Å². The molecule has 0 aliphatic rings. The fraction of sp³-hybridized carbons (Fsp3) is 0.167. The molecule has 170 valence electrons. The number of hydrogen-bond acceptors (Lipinski definition) is 7. The van der Waals surface area contributed by atoms with Crippen LogP contribution in [0, 0.1) is 11.2 Å². The van der Waals surface area contributed by atoms with Gasteiger partial charge in [-0.2, -0.15) is 0 Å². The molecule has 33 heavy (non-hydrogen) atoms. The summed E-state index contributed by atoms with van der Waals surface area (Å²) in [5.41, 5.74) is 6.62. The van der Waals surface area contributed by atoms with Crippen molar-refractivity contribution in [3.63, 3.8) is 0 Å². The molecule has 2 aromatic heterocycles. The number of nitrogens with two attached hydrogens (primary N) is 1. The van der Waals surface area contributed by atoms with Crippen molar-refractivity contribution in [3.05, 3.63) is 94.7 Å². The van der Waals surface area contributed by atoms with Crippen molar-refractivity contribution >= 4 is 28.1 Å². The molecule has 8 nitrogen and oxygen atoms in total. The van der Waals surface area contributed by atoms with Gasteiger partial charge in [0.25, 0.3) is 5.56 Å². The van der Waals surface area contributed by atoms with E-state index in [0.29, 0.717) is 11.1 Å². The second-order valence-electron chi connectivity index (χ2n) is 7.61. The number of nitrogen functional groups attached to an aromatic ring is 1. The van der Waals surface area contributed by atoms with Crippen LogP contribution in [0.5, 0.6) is 0 Å². The van der Waals surface area contributed by atoms with Gasteiger partial charge in [0.2, 0.25) is 0 Å². The normalized spacial score (nSPS) is 11.6. The summed E-state index contributed by atoms with van der Waals surface area (Å²) in [4.78, 5) is 21.2. The number of aromatic nitrogens is 3. The molecule has 0 fully saturated rings. The van der Waals surface area contributed by atoms with Crippen LogP contribution >= 0.6 is 0 Å². The van der Waals surface area contributed by atoms with Crippen LogP contribution in [-0.2, 0) is 6.54 Å². The van der Waals surface area contributed by atoms with Crippen molar-refractivity contribution < 1.29 is 9.50 Å². The smallest absolute Gasteiger partial charge is 0.261 e. The molecule has 0 unspecified atom stereocenters. The predicted octanol–water partition coefficient (Wildman–Crippen LogP) is 4.26. The number of aliphatic hydroxyl groups excluding tert-OH is 1. The Balaban J connectivity index is 2.07. The molecule has 0 spiro atoms. The first-order valence-electron chi connectivity index (χ1n) is 10.1. The molecular weight excluding hydrogens is 423 g/mol. The molecule has 0 aliphatic heterocycles. The molecule has 0 amide bonds. The highest BCUT2D eigenvalue weighted by Crippen LogP contribution is 2.24. The second kappa shape index (κ2) is 9.47. The topological polar surface area (TPSA) is 130 Å². The predicted molar refractivity (Wildman–Crippen MR) is 129 cm³/mol. The largest absolute Gasteiger partial charge is 0.509 e. The van der Waals surface area contributed by atoms with Gasteiger partial charge in [0.05, 0.1) is 23.2 Å². The van der Waals surface area contributed by atoms with Crippen LogP contribution in [0.1, 0.15) is 31.1 Å². The Labute approximate surface area is 190 Å². The molecule has 9 heteroatoms. The maximum Gasteiger partial charge on any atom is 0.261 e. The number of hydrogen-bond donors (Lipinski definition) is 4. The highest BCUT2D eigenvalue weighted by atomic mass is 19.1. The SMILES string of the molecule is C=C/C(=C\C(=C)O)C(=N)c1c(N)ncnc1NCc1cc2cccc(F)c2c(=O)n1C(C)C. The van der Waals surface area contributed by atoms with Gasteiger partial charge in [-0.15, -0.1) is 0 Å². The first-order chi connectivity index (χ1) is 15.6. The minimum atomic E-state index is -0.570. The maximum atomic E-state index is 14.3. The van der Waals surface area contributed by atoms with Gasteiger partial charge in [0.15, 0.2) is 0 Å². The zero-order chi connectivity index (χ0) is 24.3. The summed E-state index contributed by atoms with van der Waals surface area (Å²) in [6, 6.07) is 6.02. The van der Waals surface area contributed by atoms with Crippen molar-refractivity contribution in [2.24, 2.45) is 0 Å². The lowest BCUT2D eigenvalue weighted by Gasteiger charge is -2.19. The Bertz CT molecular complexity index is 1360. The Kier molecular flexibility index (Phi) is 6.72. The Hall–Kier alpha value is -4.27. The van der Waals surface area contributed by atoms with E-state index in [1.54, 1.807) is 18.2 Å². The van der Waals surface area contributed by atoms with E-state index in [0.717, 1.165) is 0 Å². The Morgan fingerprint density at radius 1 is 1.39 bits per heavy atom. The van der Waals surface area contributed by atoms with Crippen LogP contribution in [0.4, 0.5) is 16.0 Å². The molecule has 0 saturated carbocycles. The quantitative estimate of drug-likeness (QED) is 0.231. The number of allylic oxidation sites excluding steroid dienone is 3. The van der Waals surface area contributed by atoms with Gasteiger partial charge in [0.1, 0.15) is 29.5 Å². The van der Waals surface area contributed by atoms with Crippen molar-refractivity contribution in [1.82, 2.24) is 14.5 Å². The number of benzene rings is 1. The number of halogens is 1. The fourth-order valence-electron chi connectivity index (χ4n) is 3.60. The molecule has 0 bridgehead atoms. The zero-order valence-corrected chi connectivity index (χ0v) is 18.4. The molecule has 0 saturated heterocycles. The number of aliphatic hydroxyl groups is 1. The highest BCUT2D eigenvalue weighted by Gasteiger charge is 2.19. The molecule has 0 atom stereocenters. The Morgan fingerprint density at radius 2 is 2.12 bits per heavy atom. The standard InChI is InChI=1S/C24H25FN6O2/c1-5-15(9-14(4)32)21(26)20-22(27)29-12-30-23(20)28-11-17-10-16-7-6-8-18(25)19(16)24(33)31(17)13(2)3/h5-10,12-13,26,32H,1,4,11H2,2-3H3,(H3,27,28,29,30)/b15-9+,26-21?. The third-order valence-electron chi connectivity index (χ3n) is 5.02. The average molecular weight is 449 g/mol. The fourth-order valence-corrected chi connectivity index (χ4v) is 3.60. The third-order valence-corrected chi connectivity index (χ3v) is 5.02. The van der Waals surface area contributed by atoms with Gasteiger partial charge >= 0.3 is 0 Å². The highest BCUT2D eigenvalue weighted by molar-refractivity contribution is 6.17. The monoisotopic (exact) mass is 448 g/mol. The van der Waals surface area contributed by atoms with Crippen molar-refractivity contribution in [3.8, 4) is 0 Å². The summed E-state index contributed by atoms with van der Waals surface area (Å²) in [5.74, 6) is -0.509. The van der Waals surface area contributed by atoms with Gasteiger partial charge < -0.3 is 20.7 Å². The van der Waals surface area contributed by atoms with Crippen LogP contribution in [0.3, 0.4) is 0 Å². The molecule has 3 aromatic rings. The summed E-state index contributed by atoms with van der Waals surface area (Å²) in [5, 5.41) is 21.7. The van der Waals surface area contributed by atoms with Crippen LogP contribution in [0.2, 0.25) is 0 Å². The number of anilines is 2. The lowest BCUT2D eigenvalue weighted by Crippen LogP contribution is -2.27. The minimum absolute atomic E-state index is 0.0358. The van der Waals surface area contributed by atoms with Crippen LogP contribution in [0.25, 0.3) is 10.8 Å². The Morgan fingerprint density at radius 3 is 2.76 bits per heavy atom. The van der Waals surface area contributed by atoms with Crippen LogP contribution in [0.15, 0.2) is 72.0 Å². The number of pyridine rings is 1. The number of nitrogens with zero attached hydrogens (tertiary/aromatic N) is 3. The number of rotatable bonds is 8. The van der Waals surface area contributed by atoms with E-state index in [2.05, 4.69) is 28.4 Å². The molecule has 0 aliphatic carbocycles. The maximum absolute atomic E-state index is 14.3. The van der Waals surface area contributed by atoms with Crippen molar-refractivity contribution in [2.45, 2.75) is 26.4 Å². The summed E-state index contributed by atoms with van der Waals surface area (Å²) in [7, 11) is 0. The summed E-state index contributed by atoms with van der Waals surface area (Å²) in [6.07, 6.45) is 3.91. The average Bonchev–Trinajstić information content (AvgIpc) is 2.75. The van der Waals surface area contributed by atoms with E-state index in [1.165, 1.54) is 29.1 Å². The molecule has 0 radical (unpaired) electrons. The van der Waals surface area contributed by atoms with Gasteiger partial charge in [-0.05, 0) is 37.4 Å². The lowest BCUT2D eigenvalue weighted by atomic mass is 10.0. The first-order valence-corrected chi connectivity index (χ1v) is 10.1. The van der Waals surface area contributed by atoms with E-state index < -0.39 is 11.4 Å². The number of fused-ring (bicyclic) bond motifs is 1. The summed E-state index contributed by atoms with van der Waals surface area (Å²) < 4.78 is 15.9. The van der Waals surface area contributed by atoms with Gasteiger partial charge in [0, 0.05) is 17.3 Å². The molecule has 3 rings (SSSR count). The van der Waals surface area contributed by atoms with E-state index in [1.807, 2.05) is 13.8 Å². The first kappa shape index (κ1) is 23.4. The third kappa shape index (κ3) is 4.67. The number of nitrogens with one attached hydrogen (secondary N) is 2. The van der Waals surface area contributed by atoms with Crippen LogP contribution in [-0.4, -0.2) is 25.4 Å². The van der Waals surface area contributed by atoms with E-state index in [4.69, 9.17) is 11.1 Å². The molecule has 5 N–H and O–H groups in total. The zero-order valence-electron chi connectivity index (χ0n) is 18.4. The van der Waals surface area contributed by atoms with Crippen molar-refractivity contribution in [1.29, 1.82) is 5.41 Å². The van der Waals surface area contributed by atoms with E-state index in [-0.39, 0.29) is 52.2 Å². The van der Waals surface area contributed by atoms with Gasteiger partial charge in [-0.3, -0.25) is 10.2 Å². The molecular formula is C24H25FN6O2. The van der Waals surface area contributed by atoms with Crippen LogP contribution < -0.4 is 16.6 Å². The minimum Gasteiger partial charge on any atom is -0.509 e. The molecule has 1 aromatic carbocycles. The molecule has 2 heterocycles. The van der Waals surface area contributed by atoms with E-state index in [9.17, 15) is 14.3 Å². The summed E-state index contributed by atoms with van der Waals surface area (Å²) >= 11 is 0. The summed E-state index contributed by atoms with van der Waals surface area (Å²) in [6.45, 7) is 10.9. The lowest BCUT2D eigenvalue weighted by molar-refractivity contribution is 0.435. The second-order valence-corrected chi connectivity index (χ2v) is 7.61. The van der Waals surface area contributed by atoms with Crippen molar-refractivity contribution in [2.75, 3.05) is 11.1 Å². The van der Waals surface area contributed by atoms with E-state index >= 15 is 0 Å².